The molecular weight excluding hydrogens is 561 g/mol. The lowest BCUT2D eigenvalue weighted by molar-refractivity contribution is -0.276. The number of carbonyl (C=O) groups excluding carboxylic acids is 1. The molecule has 1 aromatic heterocycles. The van der Waals surface area contributed by atoms with E-state index in [9.17, 15) is 34.4 Å². The minimum atomic E-state index is -1.77. The predicted octanol–water partition coefficient (Wildman–Crippen LogP) is 2.57. The molecule has 41 heavy (non-hydrogen) atoms. The number of aromatic nitrogens is 1. The van der Waals surface area contributed by atoms with Crippen molar-refractivity contribution in [2.75, 3.05) is 13.7 Å². The zero-order chi connectivity index (χ0) is 30.2. The fourth-order valence-electron chi connectivity index (χ4n) is 4.96. The van der Waals surface area contributed by atoms with Gasteiger partial charge in [-0.2, -0.15) is 0 Å². The van der Waals surface area contributed by atoms with Crippen molar-refractivity contribution in [3.05, 3.63) is 74.3 Å². The SMILES string of the molecule is COc1cc2c(cc1Cc1cccc(Cl)c1F)c(=O)c(C(=O)O[C@@H]1O[C@H](C)[C@@H](O)[C@H](O)[C@H]1O)cn2[C@H](CO)C(C)C. The van der Waals surface area contributed by atoms with E-state index in [0.717, 1.165) is 0 Å². The lowest BCUT2D eigenvalue weighted by atomic mass is 9.98. The number of methoxy groups -OCH3 is 1. The maximum absolute atomic E-state index is 14.7. The molecule has 1 fully saturated rings. The Kier molecular flexibility index (Phi) is 9.37. The number of fused-ring (bicyclic) bond motifs is 1. The van der Waals surface area contributed by atoms with Crippen LogP contribution in [0, 0.1) is 11.7 Å². The van der Waals surface area contributed by atoms with Crippen LogP contribution in [-0.2, 0) is 15.9 Å². The van der Waals surface area contributed by atoms with E-state index in [0.29, 0.717) is 16.8 Å². The fourth-order valence-corrected chi connectivity index (χ4v) is 5.15. The van der Waals surface area contributed by atoms with Gasteiger partial charge in [0.25, 0.3) is 0 Å². The van der Waals surface area contributed by atoms with Crippen molar-refractivity contribution in [3.63, 3.8) is 0 Å². The monoisotopic (exact) mass is 593 g/mol. The lowest BCUT2D eigenvalue weighted by Crippen LogP contribution is -2.57. The number of aliphatic hydroxyl groups excluding tert-OH is 4. The summed E-state index contributed by atoms with van der Waals surface area (Å²) in [7, 11) is 1.43. The van der Waals surface area contributed by atoms with Gasteiger partial charge in [0.1, 0.15) is 35.4 Å². The molecule has 1 saturated heterocycles. The molecule has 4 rings (SSSR count). The normalized spacial score (nSPS) is 23.5. The van der Waals surface area contributed by atoms with Crippen LogP contribution in [0.3, 0.4) is 0 Å². The van der Waals surface area contributed by atoms with E-state index in [-0.39, 0.29) is 34.9 Å². The lowest BCUT2D eigenvalue weighted by Gasteiger charge is -2.38. The van der Waals surface area contributed by atoms with Gasteiger partial charge in [0.2, 0.25) is 11.7 Å². The van der Waals surface area contributed by atoms with Crippen molar-refractivity contribution >= 4 is 28.5 Å². The third-order valence-electron chi connectivity index (χ3n) is 7.41. The molecule has 0 bridgehead atoms. The van der Waals surface area contributed by atoms with Gasteiger partial charge in [-0.1, -0.05) is 37.6 Å². The van der Waals surface area contributed by atoms with E-state index in [1.165, 1.54) is 32.4 Å². The van der Waals surface area contributed by atoms with Gasteiger partial charge in [0, 0.05) is 24.1 Å². The number of carbonyl (C=O) groups is 1. The zero-order valence-corrected chi connectivity index (χ0v) is 23.7. The van der Waals surface area contributed by atoms with E-state index in [1.807, 2.05) is 13.8 Å². The second-order valence-electron chi connectivity index (χ2n) is 10.4. The molecule has 0 aliphatic carbocycles. The van der Waals surface area contributed by atoms with E-state index in [4.69, 9.17) is 25.8 Å². The van der Waals surface area contributed by atoms with Crippen molar-refractivity contribution in [1.29, 1.82) is 0 Å². The van der Waals surface area contributed by atoms with Crippen molar-refractivity contribution in [2.45, 2.75) is 63.9 Å². The van der Waals surface area contributed by atoms with Gasteiger partial charge in [-0.3, -0.25) is 4.79 Å². The van der Waals surface area contributed by atoms with Gasteiger partial charge in [0.05, 0.1) is 36.4 Å². The second-order valence-corrected chi connectivity index (χ2v) is 10.8. The molecule has 12 heteroatoms. The minimum Gasteiger partial charge on any atom is -0.496 e. The molecule has 3 aromatic rings. The maximum Gasteiger partial charge on any atom is 0.346 e. The number of rotatable bonds is 8. The summed E-state index contributed by atoms with van der Waals surface area (Å²) >= 11 is 5.95. The number of pyridine rings is 1. The Labute approximate surface area is 240 Å². The van der Waals surface area contributed by atoms with Crippen LogP contribution in [0.1, 0.15) is 48.3 Å². The third kappa shape index (κ3) is 5.97. The van der Waals surface area contributed by atoms with Gasteiger partial charge in [-0.05, 0) is 36.1 Å². The molecule has 4 N–H and O–H groups in total. The first-order chi connectivity index (χ1) is 19.4. The Bertz CT molecular complexity index is 1490. The standard InChI is InChI=1S/C29H33ClFNO9/c1-13(2)21(12-33)32-11-18(28(38)41-29-27(37)26(36)24(34)14(3)40-29)25(35)17-9-16(22(39-4)10-20(17)32)8-15-6-5-7-19(30)23(15)31/h5-7,9-11,13-14,21,24,26-27,29,33-34,36-37H,8,12H2,1-4H3/t14-,21-,24-,26+,27-,29+/m1/s1. The number of hydrogen-bond acceptors (Lipinski definition) is 9. The highest BCUT2D eigenvalue weighted by atomic mass is 35.5. The Balaban J connectivity index is 1.86. The van der Waals surface area contributed by atoms with Gasteiger partial charge in [0.15, 0.2) is 0 Å². The fraction of sp³-hybridized carbons (Fsp3) is 0.448. The topological polar surface area (TPSA) is 148 Å². The van der Waals surface area contributed by atoms with Gasteiger partial charge < -0.3 is 39.2 Å². The molecule has 1 aliphatic rings. The number of hydrogen-bond donors (Lipinski definition) is 4. The summed E-state index contributed by atoms with van der Waals surface area (Å²) in [5.74, 6) is -1.55. The van der Waals surface area contributed by atoms with E-state index in [2.05, 4.69) is 0 Å². The quantitative estimate of drug-likeness (QED) is 0.289. The summed E-state index contributed by atoms with van der Waals surface area (Å²) in [4.78, 5) is 27.0. The first-order valence-electron chi connectivity index (χ1n) is 13.1. The highest BCUT2D eigenvalue weighted by molar-refractivity contribution is 6.30. The third-order valence-corrected chi connectivity index (χ3v) is 7.70. The first-order valence-corrected chi connectivity index (χ1v) is 13.5. The number of ether oxygens (including phenoxy) is 3. The maximum atomic E-state index is 14.7. The summed E-state index contributed by atoms with van der Waals surface area (Å²) in [6.45, 7) is 4.82. The first kappa shape index (κ1) is 30.9. The molecular formula is C29H33ClFNO9. The average molecular weight is 594 g/mol. The number of halogens is 2. The molecule has 2 heterocycles. The number of aliphatic hydroxyl groups is 4. The molecule has 0 radical (unpaired) electrons. The Morgan fingerprint density at radius 2 is 1.85 bits per heavy atom. The van der Waals surface area contributed by atoms with E-state index < -0.39 is 59.5 Å². The smallest absolute Gasteiger partial charge is 0.346 e. The zero-order valence-electron chi connectivity index (χ0n) is 23.0. The molecule has 222 valence electrons. The molecule has 0 amide bonds. The van der Waals surface area contributed by atoms with E-state index in [1.54, 1.807) is 22.8 Å². The van der Waals surface area contributed by atoms with Crippen LogP contribution in [0.4, 0.5) is 4.39 Å². The van der Waals surface area contributed by atoms with Crippen molar-refractivity contribution < 1.29 is 43.8 Å². The molecule has 0 unspecified atom stereocenters. The molecule has 1 aliphatic heterocycles. The number of nitrogens with zero attached hydrogens (tertiary/aromatic N) is 1. The predicted molar refractivity (Wildman–Crippen MR) is 148 cm³/mol. The molecule has 0 spiro atoms. The van der Waals surface area contributed by atoms with Crippen LogP contribution in [0.15, 0.2) is 41.3 Å². The number of esters is 1. The number of benzene rings is 2. The van der Waals surface area contributed by atoms with Crippen molar-refractivity contribution in [2.24, 2.45) is 5.92 Å². The largest absolute Gasteiger partial charge is 0.496 e. The van der Waals surface area contributed by atoms with Crippen molar-refractivity contribution in [1.82, 2.24) is 4.57 Å². The van der Waals surface area contributed by atoms with Crippen LogP contribution in [0.2, 0.25) is 5.02 Å². The average Bonchev–Trinajstić information content (AvgIpc) is 2.94. The summed E-state index contributed by atoms with van der Waals surface area (Å²) in [5, 5.41) is 40.6. The molecule has 6 atom stereocenters. The molecule has 10 nitrogen and oxygen atoms in total. The minimum absolute atomic E-state index is 0.0213. The summed E-state index contributed by atoms with van der Waals surface area (Å²) in [5.41, 5.74) is -0.0912. The molecule has 0 saturated carbocycles. The highest BCUT2D eigenvalue weighted by Gasteiger charge is 2.44. The molecule has 2 aromatic carbocycles. The van der Waals surface area contributed by atoms with Gasteiger partial charge in [-0.15, -0.1) is 0 Å². The van der Waals surface area contributed by atoms with Crippen LogP contribution >= 0.6 is 11.6 Å². The summed E-state index contributed by atoms with van der Waals surface area (Å²) in [6.07, 6.45) is -6.17. The van der Waals surface area contributed by atoms with Crippen LogP contribution in [0.25, 0.3) is 10.9 Å². The summed E-state index contributed by atoms with van der Waals surface area (Å²) < 4.78 is 32.5. The van der Waals surface area contributed by atoms with Gasteiger partial charge in [-0.25, -0.2) is 9.18 Å². The van der Waals surface area contributed by atoms with Crippen LogP contribution < -0.4 is 10.2 Å². The second kappa shape index (κ2) is 12.4. The Morgan fingerprint density at radius 3 is 2.49 bits per heavy atom. The van der Waals surface area contributed by atoms with Crippen LogP contribution in [0.5, 0.6) is 5.75 Å². The Hall–Kier alpha value is -3.06. The van der Waals surface area contributed by atoms with E-state index >= 15 is 0 Å². The highest BCUT2D eigenvalue weighted by Crippen LogP contribution is 2.32. The van der Waals surface area contributed by atoms with Gasteiger partial charge >= 0.3 is 5.97 Å². The van der Waals surface area contributed by atoms with Crippen LogP contribution in [-0.4, -0.2) is 75.4 Å². The Morgan fingerprint density at radius 1 is 1.15 bits per heavy atom. The van der Waals surface area contributed by atoms with Crippen molar-refractivity contribution in [3.8, 4) is 5.75 Å². The summed E-state index contributed by atoms with van der Waals surface area (Å²) in [6, 6.07) is 7.08.